The topological polar surface area (TPSA) is 106 Å². The Morgan fingerprint density at radius 1 is 1.47 bits per heavy atom. The summed E-state index contributed by atoms with van der Waals surface area (Å²) in [5, 5.41) is 7.40. The van der Waals surface area contributed by atoms with E-state index < -0.39 is 26.7 Å². The van der Waals surface area contributed by atoms with Crippen LogP contribution in [-0.2, 0) is 20.8 Å². The molecule has 0 saturated heterocycles. The van der Waals surface area contributed by atoms with Gasteiger partial charge in [0.15, 0.2) is 0 Å². The van der Waals surface area contributed by atoms with E-state index >= 15 is 0 Å². The van der Waals surface area contributed by atoms with Crippen LogP contribution in [0.25, 0.3) is 0 Å². The van der Waals surface area contributed by atoms with Gasteiger partial charge in [-0.25, -0.2) is 13.6 Å². The van der Waals surface area contributed by atoms with E-state index in [2.05, 4.69) is 5.32 Å². The number of benzene rings is 1. The lowest BCUT2D eigenvalue weighted by Gasteiger charge is -2.10. The molecule has 0 bridgehead atoms. The van der Waals surface area contributed by atoms with Crippen LogP contribution in [0, 0.1) is 0 Å². The summed E-state index contributed by atoms with van der Waals surface area (Å²) in [5.41, 5.74) is 0.195. The molecule has 1 aromatic carbocycles. The Kier molecular flexibility index (Phi) is 5.21. The van der Waals surface area contributed by atoms with Crippen molar-refractivity contribution in [1.29, 1.82) is 0 Å². The maximum Gasteiger partial charge on any atom is 0.251 e. The van der Waals surface area contributed by atoms with E-state index in [-0.39, 0.29) is 22.3 Å². The van der Waals surface area contributed by atoms with Crippen molar-refractivity contribution >= 4 is 26.7 Å². The lowest BCUT2D eigenvalue weighted by molar-refractivity contribution is 0.0954. The lowest BCUT2D eigenvalue weighted by Crippen LogP contribution is -2.32. The van der Waals surface area contributed by atoms with Gasteiger partial charge in [-0.1, -0.05) is 6.07 Å². The molecule has 0 aliphatic rings. The zero-order valence-electron chi connectivity index (χ0n) is 10.6. The molecule has 6 nitrogen and oxygen atoms in total. The summed E-state index contributed by atoms with van der Waals surface area (Å²) in [7, 11) is -4.86. The highest BCUT2D eigenvalue weighted by Crippen LogP contribution is 2.09. The molecule has 3 N–H and O–H groups in total. The maximum absolute atomic E-state index is 11.8. The van der Waals surface area contributed by atoms with E-state index in [0.717, 1.165) is 0 Å². The van der Waals surface area contributed by atoms with Crippen LogP contribution in [0.3, 0.4) is 0 Å². The summed E-state index contributed by atoms with van der Waals surface area (Å²) in [4.78, 5) is 11.7. The van der Waals surface area contributed by atoms with Crippen molar-refractivity contribution < 1.29 is 17.4 Å². The van der Waals surface area contributed by atoms with Crippen LogP contribution in [0.5, 0.6) is 0 Å². The highest BCUT2D eigenvalue weighted by Gasteiger charge is 2.13. The van der Waals surface area contributed by atoms with Gasteiger partial charge in [0.05, 0.1) is 4.90 Å². The standard InChI is InChI=1S/C11H16N2O4S2/c1-8(18(2)15)7-13-11(14)9-4-3-5-10(6-9)19(12,16)17/h3-6,8H,7H2,1-2H3,(H,13,14)(H2,12,16,17). The predicted octanol–water partition coefficient (Wildman–Crippen LogP) is -0.169. The SMILES string of the molecule is CC(CNC(=O)c1cccc(S(N)(=O)=O)c1)S(C)=O. The van der Waals surface area contributed by atoms with Crippen LogP contribution in [-0.4, -0.2) is 36.6 Å². The van der Waals surface area contributed by atoms with E-state index in [1.54, 1.807) is 13.2 Å². The van der Waals surface area contributed by atoms with Crippen molar-refractivity contribution in [2.24, 2.45) is 5.14 Å². The predicted molar refractivity (Wildman–Crippen MR) is 73.7 cm³/mol. The van der Waals surface area contributed by atoms with Gasteiger partial charge in [-0.15, -0.1) is 0 Å². The molecule has 106 valence electrons. The first kappa shape index (κ1) is 15.8. The Morgan fingerprint density at radius 2 is 2.11 bits per heavy atom. The molecule has 1 amide bonds. The second-order valence-electron chi connectivity index (χ2n) is 4.09. The van der Waals surface area contributed by atoms with Crippen LogP contribution in [0.15, 0.2) is 29.2 Å². The number of sulfonamides is 1. The van der Waals surface area contributed by atoms with Gasteiger partial charge in [0.25, 0.3) is 5.91 Å². The van der Waals surface area contributed by atoms with Gasteiger partial charge in [-0.3, -0.25) is 9.00 Å². The average molecular weight is 304 g/mol. The van der Waals surface area contributed by atoms with E-state index in [9.17, 15) is 17.4 Å². The first-order valence-corrected chi connectivity index (χ1v) is 8.62. The third-order valence-corrected chi connectivity index (χ3v) is 4.75. The number of carbonyl (C=O) groups is 1. The smallest absolute Gasteiger partial charge is 0.251 e. The second-order valence-corrected chi connectivity index (χ2v) is 7.46. The van der Waals surface area contributed by atoms with Gasteiger partial charge in [-0.2, -0.15) is 0 Å². The molecule has 1 aromatic rings. The number of nitrogens with one attached hydrogen (secondary N) is 1. The fourth-order valence-corrected chi connectivity index (χ4v) is 2.15. The van der Waals surface area contributed by atoms with E-state index in [1.165, 1.54) is 24.3 Å². The fraction of sp³-hybridized carbons (Fsp3) is 0.364. The van der Waals surface area contributed by atoms with Gasteiger partial charge in [0.2, 0.25) is 10.0 Å². The first-order chi connectivity index (χ1) is 8.71. The number of hydrogen-bond acceptors (Lipinski definition) is 4. The zero-order chi connectivity index (χ0) is 14.6. The third kappa shape index (κ3) is 4.73. The summed E-state index contributed by atoms with van der Waals surface area (Å²) < 4.78 is 33.5. The maximum atomic E-state index is 11.8. The van der Waals surface area contributed by atoms with Crippen molar-refractivity contribution in [3.8, 4) is 0 Å². The molecule has 0 fully saturated rings. The third-order valence-electron chi connectivity index (χ3n) is 2.54. The number of hydrogen-bond donors (Lipinski definition) is 2. The Balaban J connectivity index is 2.81. The van der Waals surface area contributed by atoms with Gasteiger partial charge in [0, 0.05) is 34.4 Å². The molecule has 0 spiro atoms. The van der Waals surface area contributed by atoms with Crippen molar-refractivity contribution in [3.05, 3.63) is 29.8 Å². The van der Waals surface area contributed by atoms with Crippen molar-refractivity contribution in [1.82, 2.24) is 5.32 Å². The molecule has 1 rings (SSSR count). The quantitative estimate of drug-likeness (QED) is 0.787. The average Bonchev–Trinajstić information content (AvgIpc) is 2.34. The van der Waals surface area contributed by atoms with Crippen molar-refractivity contribution in [2.75, 3.05) is 12.8 Å². The zero-order valence-corrected chi connectivity index (χ0v) is 12.3. The number of primary sulfonamides is 1. The molecule has 2 atom stereocenters. The van der Waals surface area contributed by atoms with Crippen molar-refractivity contribution in [3.63, 3.8) is 0 Å². The molecular weight excluding hydrogens is 288 g/mol. The highest BCUT2D eigenvalue weighted by atomic mass is 32.2. The molecule has 0 aromatic heterocycles. The molecule has 0 saturated carbocycles. The summed E-state index contributed by atoms with van der Waals surface area (Å²) >= 11 is 0. The van der Waals surface area contributed by atoms with Gasteiger partial charge < -0.3 is 5.32 Å². The molecule has 0 aliphatic carbocycles. The normalized spacial score (nSPS) is 14.7. The number of carbonyl (C=O) groups excluding carboxylic acids is 1. The molecular formula is C11H16N2O4S2. The summed E-state index contributed by atoms with van der Waals surface area (Å²) in [6.45, 7) is 2.00. The van der Waals surface area contributed by atoms with E-state index in [0.29, 0.717) is 0 Å². The Morgan fingerprint density at radius 3 is 2.63 bits per heavy atom. The van der Waals surface area contributed by atoms with Gasteiger partial charge >= 0.3 is 0 Å². The van der Waals surface area contributed by atoms with Crippen LogP contribution < -0.4 is 10.5 Å². The fourth-order valence-electron chi connectivity index (χ4n) is 1.27. The van der Waals surface area contributed by atoms with Crippen LogP contribution in [0.2, 0.25) is 0 Å². The second kappa shape index (κ2) is 6.27. The molecule has 0 radical (unpaired) electrons. The molecule has 0 aliphatic heterocycles. The largest absolute Gasteiger partial charge is 0.351 e. The molecule has 8 heteroatoms. The highest BCUT2D eigenvalue weighted by molar-refractivity contribution is 7.89. The summed E-state index contributed by atoms with van der Waals surface area (Å²) in [6, 6.07) is 5.45. The molecule has 2 unspecified atom stereocenters. The minimum absolute atomic E-state index is 0.118. The minimum Gasteiger partial charge on any atom is -0.351 e. The van der Waals surface area contributed by atoms with E-state index in [4.69, 9.17) is 5.14 Å². The Bertz CT molecular complexity index is 598. The monoisotopic (exact) mass is 304 g/mol. The number of rotatable bonds is 5. The van der Waals surface area contributed by atoms with Crippen LogP contribution in [0.4, 0.5) is 0 Å². The minimum atomic E-state index is -3.83. The number of amides is 1. The number of nitrogens with two attached hydrogens (primary N) is 1. The first-order valence-electron chi connectivity index (χ1n) is 5.45. The molecule has 0 heterocycles. The summed E-state index contributed by atoms with van der Waals surface area (Å²) in [5.74, 6) is -0.428. The lowest BCUT2D eigenvalue weighted by atomic mass is 10.2. The van der Waals surface area contributed by atoms with Crippen LogP contribution in [0.1, 0.15) is 17.3 Å². The Labute approximate surface area is 114 Å². The molecule has 19 heavy (non-hydrogen) atoms. The van der Waals surface area contributed by atoms with E-state index in [1.807, 2.05) is 0 Å². The van der Waals surface area contributed by atoms with Crippen molar-refractivity contribution in [2.45, 2.75) is 17.1 Å². The van der Waals surface area contributed by atoms with Gasteiger partial charge in [0.1, 0.15) is 0 Å². The summed E-state index contributed by atoms with van der Waals surface area (Å²) in [6.07, 6.45) is 1.55. The Hall–Kier alpha value is -1.25. The van der Waals surface area contributed by atoms with Gasteiger partial charge in [-0.05, 0) is 25.1 Å². The van der Waals surface area contributed by atoms with Crippen LogP contribution >= 0.6 is 0 Å².